The van der Waals surface area contributed by atoms with Crippen LogP contribution in [0.5, 0.6) is 5.88 Å². The SMILES string of the molecule is COc1cccc(Cn2ccc(CCN)c2)n1. The molecule has 0 saturated heterocycles. The molecule has 0 spiro atoms. The van der Waals surface area contributed by atoms with Crippen molar-refractivity contribution in [3.8, 4) is 5.88 Å². The van der Waals surface area contributed by atoms with Crippen molar-refractivity contribution in [1.29, 1.82) is 0 Å². The average Bonchev–Trinajstić information content (AvgIpc) is 2.77. The third-order valence-corrected chi connectivity index (χ3v) is 2.58. The van der Waals surface area contributed by atoms with E-state index in [2.05, 4.69) is 21.8 Å². The quantitative estimate of drug-likeness (QED) is 0.847. The minimum Gasteiger partial charge on any atom is -0.481 e. The molecule has 4 nitrogen and oxygen atoms in total. The normalized spacial score (nSPS) is 10.5. The van der Waals surface area contributed by atoms with Gasteiger partial charge >= 0.3 is 0 Å². The Labute approximate surface area is 101 Å². The maximum Gasteiger partial charge on any atom is 0.213 e. The molecule has 2 aromatic rings. The van der Waals surface area contributed by atoms with Gasteiger partial charge in [0.2, 0.25) is 5.88 Å². The smallest absolute Gasteiger partial charge is 0.213 e. The number of pyridine rings is 1. The highest BCUT2D eigenvalue weighted by atomic mass is 16.5. The first-order valence-electron chi connectivity index (χ1n) is 5.66. The van der Waals surface area contributed by atoms with Crippen LogP contribution in [0.15, 0.2) is 36.7 Å². The molecule has 0 saturated carbocycles. The molecule has 0 aliphatic carbocycles. The van der Waals surface area contributed by atoms with Gasteiger partial charge in [0.1, 0.15) is 0 Å². The predicted octanol–water partition coefficient (Wildman–Crippen LogP) is 1.44. The Bertz CT molecular complexity index is 479. The van der Waals surface area contributed by atoms with Gasteiger partial charge in [-0.2, -0.15) is 0 Å². The first-order valence-corrected chi connectivity index (χ1v) is 5.66. The fraction of sp³-hybridized carbons (Fsp3) is 0.308. The van der Waals surface area contributed by atoms with Crippen molar-refractivity contribution in [3.63, 3.8) is 0 Å². The van der Waals surface area contributed by atoms with E-state index >= 15 is 0 Å². The first-order chi connectivity index (χ1) is 8.31. The van der Waals surface area contributed by atoms with Crippen LogP contribution in [0.4, 0.5) is 0 Å². The molecular weight excluding hydrogens is 214 g/mol. The number of rotatable bonds is 5. The minimum absolute atomic E-state index is 0.650. The number of nitrogens with two attached hydrogens (primary N) is 1. The van der Waals surface area contributed by atoms with E-state index in [1.807, 2.05) is 24.4 Å². The molecule has 0 atom stereocenters. The molecule has 2 heterocycles. The highest BCUT2D eigenvalue weighted by molar-refractivity contribution is 5.17. The lowest BCUT2D eigenvalue weighted by Gasteiger charge is -2.04. The van der Waals surface area contributed by atoms with Gasteiger partial charge in [-0.05, 0) is 30.7 Å². The summed E-state index contributed by atoms with van der Waals surface area (Å²) in [7, 11) is 1.63. The van der Waals surface area contributed by atoms with Crippen molar-refractivity contribution in [2.24, 2.45) is 5.73 Å². The van der Waals surface area contributed by atoms with Crippen molar-refractivity contribution >= 4 is 0 Å². The fourth-order valence-electron chi connectivity index (χ4n) is 1.75. The molecule has 0 aromatic carbocycles. The largest absolute Gasteiger partial charge is 0.481 e. The van der Waals surface area contributed by atoms with Gasteiger partial charge in [-0.25, -0.2) is 4.98 Å². The van der Waals surface area contributed by atoms with Gasteiger partial charge in [0.15, 0.2) is 0 Å². The zero-order valence-corrected chi connectivity index (χ0v) is 9.97. The molecular formula is C13H17N3O. The number of ether oxygens (including phenoxy) is 1. The second-order valence-electron chi connectivity index (χ2n) is 3.90. The van der Waals surface area contributed by atoms with Crippen LogP contribution in [0.3, 0.4) is 0 Å². The molecule has 4 heteroatoms. The van der Waals surface area contributed by atoms with Crippen molar-refractivity contribution in [2.75, 3.05) is 13.7 Å². The van der Waals surface area contributed by atoms with E-state index in [1.165, 1.54) is 5.56 Å². The molecule has 2 N–H and O–H groups in total. The summed E-state index contributed by atoms with van der Waals surface area (Å²) in [6.45, 7) is 1.43. The minimum atomic E-state index is 0.650. The van der Waals surface area contributed by atoms with Crippen molar-refractivity contribution in [3.05, 3.63) is 47.9 Å². The summed E-state index contributed by atoms with van der Waals surface area (Å²) >= 11 is 0. The number of hydrogen-bond donors (Lipinski definition) is 1. The van der Waals surface area contributed by atoms with Crippen LogP contribution in [-0.2, 0) is 13.0 Å². The maximum atomic E-state index is 5.52. The molecule has 0 radical (unpaired) electrons. The van der Waals surface area contributed by atoms with E-state index in [-0.39, 0.29) is 0 Å². The number of nitrogens with zero attached hydrogens (tertiary/aromatic N) is 2. The molecule has 0 unspecified atom stereocenters. The topological polar surface area (TPSA) is 53.1 Å². The summed E-state index contributed by atoms with van der Waals surface area (Å²) in [5, 5.41) is 0. The number of methoxy groups -OCH3 is 1. The number of hydrogen-bond acceptors (Lipinski definition) is 3. The van der Waals surface area contributed by atoms with Crippen molar-refractivity contribution < 1.29 is 4.74 Å². The summed E-state index contributed by atoms with van der Waals surface area (Å²) < 4.78 is 7.20. The molecule has 90 valence electrons. The maximum absolute atomic E-state index is 5.52. The molecule has 0 fully saturated rings. The first kappa shape index (κ1) is 11.7. The Hall–Kier alpha value is -1.81. The van der Waals surface area contributed by atoms with Gasteiger partial charge in [-0.1, -0.05) is 6.07 Å². The van der Waals surface area contributed by atoms with Crippen LogP contribution in [-0.4, -0.2) is 23.2 Å². The lowest BCUT2D eigenvalue weighted by Crippen LogP contribution is -2.02. The Morgan fingerprint density at radius 1 is 1.35 bits per heavy atom. The molecule has 17 heavy (non-hydrogen) atoms. The molecule has 2 rings (SSSR count). The third-order valence-electron chi connectivity index (χ3n) is 2.58. The van der Waals surface area contributed by atoms with Crippen LogP contribution in [0.1, 0.15) is 11.3 Å². The van der Waals surface area contributed by atoms with E-state index in [4.69, 9.17) is 10.5 Å². The standard InChI is InChI=1S/C13H17N3O/c1-17-13-4-2-3-12(15-13)10-16-8-6-11(9-16)5-7-14/h2-4,6,8-9H,5,7,10,14H2,1H3. The van der Waals surface area contributed by atoms with E-state index in [0.29, 0.717) is 12.4 Å². The van der Waals surface area contributed by atoms with Crippen LogP contribution in [0, 0.1) is 0 Å². The van der Waals surface area contributed by atoms with E-state index < -0.39 is 0 Å². The van der Waals surface area contributed by atoms with Crippen LogP contribution >= 0.6 is 0 Å². The van der Waals surface area contributed by atoms with E-state index in [1.54, 1.807) is 7.11 Å². The fourth-order valence-corrected chi connectivity index (χ4v) is 1.75. The zero-order valence-electron chi connectivity index (χ0n) is 9.97. The second-order valence-corrected chi connectivity index (χ2v) is 3.90. The summed E-state index contributed by atoms with van der Waals surface area (Å²) in [6.07, 6.45) is 5.07. The van der Waals surface area contributed by atoms with Gasteiger partial charge in [0.05, 0.1) is 19.3 Å². The summed E-state index contributed by atoms with van der Waals surface area (Å²) in [5.41, 5.74) is 7.77. The van der Waals surface area contributed by atoms with Gasteiger partial charge in [0.25, 0.3) is 0 Å². The Balaban J connectivity index is 2.08. The molecule has 0 amide bonds. The van der Waals surface area contributed by atoms with E-state index in [0.717, 1.165) is 18.7 Å². The molecule has 0 aliphatic heterocycles. The third kappa shape index (κ3) is 3.07. The summed E-state index contributed by atoms with van der Waals surface area (Å²) in [6, 6.07) is 7.88. The van der Waals surface area contributed by atoms with Crippen LogP contribution < -0.4 is 10.5 Å². The molecule has 0 aliphatic rings. The van der Waals surface area contributed by atoms with Gasteiger partial charge in [-0.3, -0.25) is 0 Å². The van der Waals surface area contributed by atoms with Crippen molar-refractivity contribution in [1.82, 2.24) is 9.55 Å². The lowest BCUT2D eigenvalue weighted by molar-refractivity contribution is 0.396. The van der Waals surface area contributed by atoms with Crippen molar-refractivity contribution in [2.45, 2.75) is 13.0 Å². The summed E-state index contributed by atoms with van der Waals surface area (Å²) in [5.74, 6) is 0.650. The molecule has 2 aromatic heterocycles. The van der Waals surface area contributed by atoms with Gasteiger partial charge in [-0.15, -0.1) is 0 Å². The Morgan fingerprint density at radius 3 is 3.00 bits per heavy atom. The van der Waals surface area contributed by atoms with Crippen LogP contribution in [0.2, 0.25) is 0 Å². The second kappa shape index (κ2) is 5.50. The zero-order chi connectivity index (χ0) is 12.1. The highest BCUT2D eigenvalue weighted by Crippen LogP contribution is 2.09. The van der Waals surface area contributed by atoms with E-state index in [9.17, 15) is 0 Å². The number of aromatic nitrogens is 2. The van der Waals surface area contributed by atoms with Gasteiger partial charge < -0.3 is 15.0 Å². The predicted molar refractivity (Wildman–Crippen MR) is 67.1 cm³/mol. The van der Waals surface area contributed by atoms with Crippen LogP contribution in [0.25, 0.3) is 0 Å². The monoisotopic (exact) mass is 231 g/mol. The Kier molecular flexibility index (Phi) is 3.77. The van der Waals surface area contributed by atoms with Gasteiger partial charge in [0, 0.05) is 18.5 Å². The lowest BCUT2D eigenvalue weighted by atomic mass is 10.2. The molecule has 0 bridgehead atoms. The summed E-state index contributed by atoms with van der Waals surface area (Å²) in [4.78, 5) is 4.37. The highest BCUT2D eigenvalue weighted by Gasteiger charge is 2.00. The average molecular weight is 231 g/mol. The Morgan fingerprint density at radius 2 is 2.24 bits per heavy atom.